The predicted octanol–water partition coefficient (Wildman–Crippen LogP) is 3.16. The number of nitrogens with zero attached hydrogens (tertiary/aromatic N) is 4. The summed E-state index contributed by atoms with van der Waals surface area (Å²) in [6.07, 6.45) is 8.91. The standard InChI is InChI=1S/C18H22N6O.C4H7F.H2/c1-3-15-17-12(11-25-18(15)20-2)9-24(22-17)14-4-5-16(21-8-14)23-7-6-13(19)10-23;5-4-2-1-3-4;/h3-5,8-9,13,20H,1,6-7,10-11,19H2,2H3;4H,1-3H2;1H. The van der Waals surface area contributed by atoms with Gasteiger partial charge >= 0.3 is 0 Å². The number of pyridine rings is 1. The van der Waals surface area contributed by atoms with E-state index in [4.69, 9.17) is 15.6 Å². The average molecular weight is 415 g/mol. The first kappa shape index (κ1) is 20.4. The molecule has 5 rings (SSSR count). The zero-order valence-electron chi connectivity index (χ0n) is 17.4. The van der Waals surface area contributed by atoms with Gasteiger partial charge in [0.25, 0.3) is 0 Å². The van der Waals surface area contributed by atoms with E-state index in [9.17, 15) is 4.39 Å². The Morgan fingerprint density at radius 3 is 2.70 bits per heavy atom. The Morgan fingerprint density at radius 2 is 2.17 bits per heavy atom. The summed E-state index contributed by atoms with van der Waals surface area (Å²) in [7, 11) is 1.83. The third kappa shape index (κ3) is 4.18. The molecule has 8 heteroatoms. The minimum Gasteiger partial charge on any atom is -0.474 e. The fraction of sp³-hybridized carbons (Fsp3) is 0.455. The number of nitrogens with two attached hydrogens (primary N) is 1. The molecule has 162 valence electrons. The Labute approximate surface area is 177 Å². The number of aromatic nitrogens is 3. The minimum atomic E-state index is -0.435. The van der Waals surface area contributed by atoms with E-state index in [1.54, 1.807) is 6.08 Å². The van der Waals surface area contributed by atoms with Crippen LogP contribution in [0.3, 0.4) is 0 Å². The Hall–Kier alpha value is -2.87. The Balaban J connectivity index is 0.000000401. The molecule has 0 radical (unpaired) electrons. The third-order valence-electron chi connectivity index (χ3n) is 5.67. The maximum Gasteiger partial charge on any atom is 0.196 e. The van der Waals surface area contributed by atoms with Gasteiger partial charge in [-0.3, -0.25) is 0 Å². The van der Waals surface area contributed by atoms with Crippen molar-refractivity contribution in [3.05, 3.63) is 54.3 Å². The molecule has 3 N–H and O–H groups in total. The number of rotatable bonds is 4. The van der Waals surface area contributed by atoms with E-state index in [0.29, 0.717) is 12.5 Å². The number of alkyl halides is 1. The molecule has 2 aromatic rings. The molecule has 7 nitrogen and oxygen atoms in total. The first-order valence-corrected chi connectivity index (χ1v) is 10.5. The maximum atomic E-state index is 11.5. The van der Waals surface area contributed by atoms with E-state index in [1.165, 1.54) is 0 Å². The molecule has 1 aliphatic carbocycles. The zero-order valence-corrected chi connectivity index (χ0v) is 17.4. The van der Waals surface area contributed by atoms with E-state index in [1.807, 2.05) is 36.3 Å². The predicted molar refractivity (Wildman–Crippen MR) is 118 cm³/mol. The van der Waals surface area contributed by atoms with Crippen molar-refractivity contribution in [2.24, 2.45) is 5.73 Å². The highest BCUT2D eigenvalue weighted by molar-refractivity contribution is 5.75. The van der Waals surface area contributed by atoms with E-state index in [0.717, 1.165) is 67.1 Å². The van der Waals surface area contributed by atoms with Gasteiger partial charge in [-0.05, 0) is 37.8 Å². The van der Waals surface area contributed by atoms with Crippen LogP contribution in [0, 0.1) is 0 Å². The van der Waals surface area contributed by atoms with Gasteiger partial charge in [-0.2, -0.15) is 5.10 Å². The molecule has 1 atom stereocenters. The molecule has 4 heterocycles. The van der Waals surface area contributed by atoms with Crippen molar-refractivity contribution >= 4 is 11.4 Å². The van der Waals surface area contributed by atoms with E-state index in [2.05, 4.69) is 21.8 Å². The van der Waals surface area contributed by atoms with Gasteiger partial charge in [0.05, 0.1) is 17.5 Å². The molecule has 0 bridgehead atoms. The number of hydrogen-bond donors (Lipinski definition) is 2. The monoisotopic (exact) mass is 414 g/mol. The molecule has 0 spiro atoms. The topological polar surface area (TPSA) is 81.2 Å². The molecule has 0 amide bonds. The Morgan fingerprint density at radius 1 is 1.37 bits per heavy atom. The van der Waals surface area contributed by atoms with Crippen LogP contribution in [-0.2, 0) is 11.3 Å². The van der Waals surface area contributed by atoms with Gasteiger partial charge in [0.1, 0.15) is 24.3 Å². The SMILES string of the molecule is C=CC1=C(NC)OCc2cn(-c3ccc(N4CCC(N)C4)nc3)nc21.FC1CCC1.[HH]. The summed E-state index contributed by atoms with van der Waals surface area (Å²) in [6.45, 7) is 6.18. The summed E-state index contributed by atoms with van der Waals surface area (Å²) in [6, 6.07) is 4.29. The molecular weight excluding hydrogens is 383 g/mol. The van der Waals surface area contributed by atoms with Crippen molar-refractivity contribution in [2.75, 3.05) is 25.0 Å². The highest BCUT2D eigenvalue weighted by Gasteiger charge is 2.23. The van der Waals surface area contributed by atoms with Crippen molar-refractivity contribution in [1.82, 2.24) is 20.1 Å². The third-order valence-corrected chi connectivity index (χ3v) is 5.67. The van der Waals surface area contributed by atoms with Crippen LogP contribution in [0.15, 0.2) is 43.1 Å². The molecule has 1 saturated carbocycles. The summed E-state index contributed by atoms with van der Waals surface area (Å²) >= 11 is 0. The Kier molecular flexibility index (Phi) is 6.03. The van der Waals surface area contributed by atoms with E-state index < -0.39 is 6.17 Å². The quantitative estimate of drug-likeness (QED) is 0.800. The molecule has 0 aromatic carbocycles. The molecule has 2 fully saturated rings. The normalized spacial score (nSPS) is 20.6. The molecule has 2 aromatic heterocycles. The van der Waals surface area contributed by atoms with Gasteiger partial charge in [-0.15, -0.1) is 0 Å². The van der Waals surface area contributed by atoms with Crippen LogP contribution in [0.1, 0.15) is 38.4 Å². The molecule has 1 saturated heterocycles. The fourth-order valence-electron chi connectivity index (χ4n) is 3.66. The first-order valence-electron chi connectivity index (χ1n) is 10.5. The number of nitrogens with one attached hydrogen (secondary N) is 1. The lowest BCUT2D eigenvalue weighted by molar-refractivity contribution is 0.179. The van der Waals surface area contributed by atoms with Crippen LogP contribution >= 0.6 is 0 Å². The summed E-state index contributed by atoms with van der Waals surface area (Å²) < 4.78 is 19.1. The molecule has 3 aliphatic rings. The second kappa shape index (κ2) is 8.87. The first-order chi connectivity index (χ1) is 14.6. The molecule has 2 aliphatic heterocycles. The summed E-state index contributed by atoms with van der Waals surface area (Å²) in [5.41, 5.74) is 9.68. The average Bonchev–Trinajstić information content (AvgIpc) is 3.38. The van der Waals surface area contributed by atoms with Crippen molar-refractivity contribution in [2.45, 2.75) is 44.5 Å². The van der Waals surface area contributed by atoms with Crippen molar-refractivity contribution in [3.63, 3.8) is 0 Å². The lowest BCUT2D eigenvalue weighted by Gasteiger charge is -2.17. The van der Waals surface area contributed by atoms with Crippen LogP contribution in [-0.4, -0.2) is 47.1 Å². The van der Waals surface area contributed by atoms with Crippen molar-refractivity contribution < 1.29 is 10.6 Å². The zero-order chi connectivity index (χ0) is 21.1. The lowest BCUT2D eigenvalue weighted by atomic mass is 9.98. The van der Waals surface area contributed by atoms with Crippen molar-refractivity contribution in [3.8, 4) is 5.69 Å². The number of halogens is 1. The largest absolute Gasteiger partial charge is 0.474 e. The molecule has 1 unspecified atom stereocenters. The highest BCUT2D eigenvalue weighted by Crippen LogP contribution is 2.29. The number of hydrogen-bond acceptors (Lipinski definition) is 6. The second-order valence-corrected chi connectivity index (χ2v) is 7.83. The smallest absolute Gasteiger partial charge is 0.196 e. The maximum absolute atomic E-state index is 11.5. The van der Waals surface area contributed by atoms with Gasteiger partial charge in [0.15, 0.2) is 5.88 Å². The number of ether oxygens (including phenoxy) is 1. The second-order valence-electron chi connectivity index (χ2n) is 7.83. The lowest BCUT2D eigenvalue weighted by Crippen LogP contribution is -2.26. The highest BCUT2D eigenvalue weighted by atomic mass is 19.1. The van der Waals surface area contributed by atoms with Crippen LogP contribution < -0.4 is 16.0 Å². The summed E-state index contributed by atoms with van der Waals surface area (Å²) in [5.74, 6) is 1.66. The van der Waals surface area contributed by atoms with Gasteiger partial charge in [-0.1, -0.05) is 12.7 Å². The van der Waals surface area contributed by atoms with Gasteiger partial charge in [0.2, 0.25) is 0 Å². The van der Waals surface area contributed by atoms with Crippen molar-refractivity contribution in [1.29, 1.82) is 0 Å². The number of fused-ring (bicyclic) bond motifs is 1. The number of anilines is 1. The van der Waals surface area contributed by atoms with Gasteiger partial charge < -0.3 is 20.7 Å². The minimum absolute atomic E-state index is 0. The van der Waals surface area contributed by atoms with Crippen LogP contribution in [0.2, 0.25) is 0 Å². The molecule has 30 heavy (non-hydrogen) atoms. The summed E-state index contributed by atoms with van der Waals surface area (Å²) in [4.78, 5) is 6.80. The van der Waals surface area contributed by atoms with Gasteiger partial charge in [0, 0.05) is 39.4 Å². The Bertz CT molecular complexity index is 925. The van der Waals surface area contributed by atoms with E-state index in [-0.39, 0.29) is 7.47 Å². The summed E-state index contributed by atoms with van der Waals surface area (Å²) in [5, 5.41) is 7.75. The number of allylic oxidation sites excluding steroid dienone is 2. The fourth-order valence-corrected chi connectivity index (χ4v) is 3.66. The molecular formula is C22H31FN6O. The van der Waals surface area contributed by atoms with Crippen LogP contribution in [0.5, 0.6) is 0 Å². The van der Waals surface area contributed by atoms with E-state index >= 15 is 0 Å². The van der Waals surface area contributed by atoms with Crippen LogP contribution in [0.25, 0.3) is 11.3 Å². The van der Waals surface area contributed by atoms with Gasteiger partial charge in [-0.25, -0.2) is 14.1 Å². The van der Waals surface area contributed by atoms with Crippen LogP contribution in [0.4, 0.5) is 10.2 Å².